The summed E-state index contributed by atoms with van der Waals surface area (Å²) in [5.74, 6) is 0.968. The Morgan fingerprint density at radius 1 is 1.71 bits per heavy atom. The number of rotatable bonds is 0. The molecule has 1 aliphatic rings. The Bertz CT molecular complexity index is 106. The van der Waals surface area contributed by atoms with Crippen LogP contribution in [0.25, 0.3) is 0 Å². The van der Waals surface area contributed by atoms with E-state index in [1.807, 2.05) is 6.92 Å². The molecule has 0 aromatic carbocycles. The van der Waals surface area contributed by atoms with E-state index in [0.717, 1.165) is 5.84 Å². The molecule has 7 heavy (non-hydrogen) atoms. The predicted octanol–water partition coefficient (Wildman–Crippen LogP) is -3.18. The lowest BCUT2D eigenvalue weighted by molar-refractivity contribution is -0.00000148. The Hall–Kier alpha value is -0.310. The van der Waals surface area contributed by atoms with Crippen LogP contribution in [0.5, 0.6) is 0 Å². The highest BCUT2D eigenvalue weighted by Crippen LogP contribution is 1.70. The Balaban J connectivity index is 0.000000360. The number of amidine groups is 1. The molecule has 0 spiro atoms. The van der Waals surface area contributed by atoms with E-state index in [2.05, 4.69) is 10.3 Å². The van der Waals surface area contributed by atoms with Crippen LogP contribution in [0.4, 0.5) is 0 Å². The van der Waals surface area contributed by atoms with Crippen LogP contribution in [0.3, 0.4) is 0 Å². The first-order chi connectivity index (χ1) is 2.89. The zero-order chi connectivity index (χ0) is 4.41. The first-order valence-corrected chi connectivity index (χ1v) is 1.85. The molecule has 0 saturated carbocycles. The lowest BCUT2D eigenvalue weighted by Crippen LogP contribution is -3.00. The molecule has 0 bridgehead atoms. The number of nitrogens with zero attached hydrogens (tertiary/aromatic N) is 1. The van der Waals surface area contributed by atoms with Gasteiger partial charge in [-0.25, -0.2) is 5.32 Å². The van der Waals surface area contributed by atoms with Crippen molar-refractivity contribution in [1.82, 2.24) is 10.3 Å². The minimum Gasteiger partial charge on any atom is -1.00 e. The maximum absolute atomic E-state index is 3.86. The Labute approximate surface area is 53.1 Å². The van der Waals surface area contributed by atoms with Crippen molar-refractivity contribution < 1.29 is 17.0 Å². The molecule has 0 aromatic heterocycles. The van der Waals surface area contributed by atoms with E-state index in [1.54, 1.807) is 12.4 Å². The van der Waals surface area contributed by atoms with Gasteiger partial charge in [0.2, 0.25) is 0 Å². The standard InChI is InChI=1S/C4H6N2.BrH/c1-4-5-2-3-6-4;/h2-3,5H,1H3;1H/q+1;/p-1. The van der Waals surface area contributed by atoms with Gasteiger partial charge < -0.3 is 17.0 Å². The van der Waals surface area contributed by atoms with Gasteiger partial charge in [0, 0.05) is 6.92 Å². The monoisotopic (exact) mass is 161 g/mol. The Morgan fingerprint density at radius 2 is 2.43 bits per heavy atom. The summed E-state index contributed by atoms with van der Waals surface area (Å²) in [4.78, 5) is 3.86. The van der Waals surface area contributed by atoms with Crippen LogP contribution in [0.1, 0.15) is 6.92 Å². The smallest absolute Gasteiger partial charge is 0.293 e. The van der Waals surface area contributed by atoms with E-state index in [1.165, 1.54) is 0 Å². The lowest BCUT2D eigenvalue weighted by atomic mass is 10.7. The van der Waals surface area contributed by atoms with Crippen molar-refractivity contribution in [3.63, 3.8) is 0 Å². The van der Waals surface area contributed by atoms with E-state index in [9.17, 15) is 0 Å². The first-order valence-electron chi connectivity index (χ1n) is 1.85. The summed E-state index contributed by atoms with van der Waals surface area (Å²) in [6.45, 7) is 1.92. The van der Waals surface area contributed by atoms with Crippen LogP contribution in [-0.2, 0) is 0 Å². The minimum atomic E-state index is 0. The number of aliphatic imine (C=N–C) groups is 1. The van der Waals surface area contributed by atoms with Crippen LogP contribution >= 0.6 is 0 Å². The number of nitrogens with one attached hydrogen (secondary N) is 1. The molecule has 1 rings (SSSR count). The molecule has 0 amide bonds. The van der Waals surface area contributed by atoms with Gasteiger partial charge in [0.1, 0.15) is 6.20 Å². The molecule has 0 unspecified atom stereocenters. The third-order valence-electron chi connectivity index (χ3n) is 0.635. The second-order valence-electron chi connectivity index (χ2n) is 1.17. The fourth-order valence-electron chi connectivity index (χ4n) is 0.344. The molecule has 1 N–H and O–H groups in total. The summed E-state index contributed by atoms with van der Waals surface area (Å²) in [5, 5.41) is 2.89. The lowest BCUT2D eigenvalue weighted by Gasteiger charge is -1.69. The molecule has 3 heteroatoms. The highest BCUT2D eigenvalue weighted by molar-refractivity contribution is 5.81. The summed E-state index contributed by atoms with van der Waals surface area (Å²) in [6, 6.07) is 0. The second kappa shape index (κ2) is 2.80. The van der Waals surface area contributed by atoms with Gasteiger partial charge in [-0.05, 0) is 0 Å². The third kappa shape index (κ3) is 1.73. The minimum absolute atomic E-state index is 0. The van der Waals surface area contributed by atoms with E-state index in [-0.39, 0.29) is 17.0 Å². The third-order valence-corrected chi connectivity index (χ3v) is 0.635. The van der Waals surface area contributed by atoms with E-state index < -0.39 is 0 Å². The van der Waals surface area contributed by atoms with Crippen molar-refractivity contribution in [3.8, 4) is 0 Å². The Kier molecular flexibility index (Phi) is 2.67. The first kappa shape index (κ1) is 6.69. The zero-order valence-electron chi connectivity index (χ0n) is 3.98. The molecule has 0 atom stereocenters. The maximum atomic E-state index is 3.86. The Morgan fingerprint density at radius 3 is 2.57 bits per heavy atom. The van der Waals surface area contributed by atoms with Gasteiger partial charge >= 0.3 is 0 Å². The highest BCUT2D eigenvalue weighted by atomic mass is 79.9. The van der Waals surface area contributed by atoms with Gasteiger partial charge in [-0.2, -0.15) is 0 Å². The molecule has 0 aliphatic carbocycles. The highest BCUT2D eigenvalue weighted by Gasteiger charge is 1.99. The van der Waals surface area contributed by atoms with Gasteiger partial charge in [0.05, 0.1) is 0 Å². The molecule has 2 nitrogen and oxygen atoms in total. The van der Waals surface area contributed by atoms with Crippen molar-refractivity contribution in [3.05, 3.63) is 12.4 Å². The van der Waals surface area contributed by atoms with Gasteiger partial charge in [0.15, 0.2) is 6.20 Å². The summed E-state index contributed by atoms with van der Waals surface area (Å²) in [6.07, 6.45) is 3.53. The molecule has 0 saturated heterocycles. The largest absolute Gasteiger partial charge is 1.00 e. The molecule has 39 valence electrons. The average Bonchev–Trinajstić information content (AvgIpc) is 1.86. The van der Waals surface area contributed by atoms with Crippen molar-refractivity contribution in [2.24, 2.45) is 0 Å². The molecule has 0 fully saturated rings. The molecule has 1 aliphatic heterocycles. The van der Waals surface area contributed by atoms with Gasteiger partial charge in [0.25, 0.3) is 5.84 Å². The SMILES string of the molecule is CC1=[N+]C=CN1.[Br-]. The summed E-state index contributed by atoms with van der Waals surface area (Å²) < 4.78 is 0. The molecular formula is C4H6BrN2. The van der Waals surface area contributed by atoms with Gasteiger partial charge in [-0.15, -0.1) is 0 Å². The topological polar surface area (TPSA) is 26.1 Å². The maximum Gasteiger partial charge on any atom is 0.293 e. The van der Waals surface area contributed by atoms with Crippen LogP contribution in [0.2, 0.25) is 0 Å². The van der Waals surface area contributed by atoms with Crippen molar-refractivity contribution in [2.75, 3.05) is 0 Å². The molecule has 1 heterocycles. The van der Waals surface area contributed by atoms with Crippen molar-refractivity contribution in [1.29, 1.82) is 0 Å². The molecule has 1 radical (unpaired) electrons. The quantitative estimate of drug-likeness (QED) is 0.399. The van der Waals surface area contributed by atoms with Crippen LogP contribution in [0, 0.1) is 0 Å². The van der Waals surface area contributed by atoms with Crippen molar-refractivity contribution >= 4 is 5.84 Å². The zero-order valence-corrected chi connectivity index (χ0v) is 5.57. The number of hydrogen-bond acceptors (Lipinski definition) is 2. The van der Waals surface area contributed by atoms with Crippen LogP contribution < -0.4 is 27.3 Å². The van der Waals surface area contributed by atoms with Crippen molar-refractivity contribution in [2.45, 2.75) is 6.92 Å². The van der Waals surface area contributed by atoms with E-state index >= 15 is 0 Å². The molecular weight excluding hydrogens is 156 g/mol. The van der Waals surface area contributed by atoms with Gasteiger partial charge in [-0.3, -0.25) is 0 Å². The average molecular weight is 162 g/mol. The number of hydrogen-bond donors (Lipinski definition) is 1. The normalized spacial score (nSPS) is 14.7. The summed E-state index contributed by atoms with van der Waals surface area (Å²) in [7, 11) is 0. The van der Waals surface area contributed by atoms with Gasteiger partial charge in [-0.1, -0.05) is 4.99 Å². The van der Waals surface area contributed by atoms with E-state index in [0.29, 0.717) is 0 Å². The second-order valence-corrected chi connectivity index (χ2v) is 1.17. The summed E-state index contributed by atoms with van der Waals surface area (Å²) >= 11 is 0. The van der Waals surface area contributed by atoms with Crippen LogP contribution in [0.15, 0.2) is 12.4 Å². The summed E-state index contributed by atoms with van der Waals surface area (Å²) in [5.41, 5.74) is 0. The predicted molar refractivity (Wildman–Crippen MR) is 25.1 cm³/mol. The number of halogens is 1. The molecule has 0 aromatic rings. The van der Waals surface area contributed by atoms with E-state index in [4.69, 9.17) is 0 Å². The van der Waals surface area contributed by atoms with Crippen LogP contribution in [-0.4, -0.2) is 5.84 Å². The fraction of sp³-hybridized carbons (Fsp3) is 0.250. The fourth-order valence-corrected chi connectivity index (χ4v) is 0.344.